The van der Waals surface area contributed by atoms with Crippen LogP contribution in [0.15, 0.2) is 24.3 Å². The summed E-state index contributed by atoms with van der Waals surface area (Å²) >= 11 is 0. The van der Waals surface area contributed by atoms with Gasteiger partial charge in [-0.1, -0.05) is 29.8 Å². The Bertz CT molecular complexity index is 556. The van der Waals surface area contributed by atoms with Crippen LogP contribution in [0.3, 0.4) is 0 Å². The number of hydrogen-bond donors (Lipinski definition) is 0. The van der Waals surface area contributed by atoms with Crippen molar-refractivity contribution in [3.05, 3.63) is 41.3 Å². The molecule has 1 aromatic carbocycles. The number of benzene rings is 1. The molecule has 3 nitrogen and oxygen atoms in total. The van der Waals surface area contributed by atoms with E-state index >= 15 is 0 Å². The summed E-state index contributed by atoms with van der Waals surface area (Å²) in [5.41, 5.74) is 3.62. The summed E-state index contributed by atoms with van der Waals surface area (Å²) in [6.45, 7) is 3.95. The molecule has 2 aromatic rings. The van der Waals surface area contributed by atoms with Gasteiger partial charge < -0.3 is 4.57 Å². The molecule has 0 spiro atoms. The first-order valence-corrected chi connectivity index (χ1v) is 5.14. The van der Waals surface area contributed by atoms with Gasteiger partial charge in [-0.2, -0.15) is 5.26 Å². The van der Waals surface area contributed by atoms with Crippen molar-refractivity contribution in [1.82, 2.24) is 9.55 Å². The third kappa shape index (κ3) is 1.59. The van der Waals surface area contributed by atoms with E-state index in [0.29, 0.717) is 5.69 Å². The quantitative estimate of drug-likeness (QED) is 0.727. The lowest BCUT2D eigenvalue weighted by Crippen LogP contribution is -1.94. The van der Waals surface area contributed by atoms with E-state index in [-0.39, 0.29) is 0 Å². The zero-order valence-electron chi connectivity index (χ0n) is 9.65. The maximum absolute atomic E-state index is 9.05. The van der Waals surface area contributed by atoms with Gasteiger partial charge in [0.15, 0.2) is 5.69 Å². The van der Waals surface area contributed by atoms with E-state index in [0.717, 1.165) is 17.1 Å². The molecular weight excluding hydrogens is 198 g/mol. The summed E-state index contributed by atoms with van der Waals surface area (Å²) in [6.07, 6.45) is 0. The van der Waals surface area contributed by atoms with E-state index in [1.807, 2.05) is 49.7 Å². The van der Waals surface area contributed by atoms with Crippen LogP contribution in [0.25, 0.3) is 11.3 Å². The molecule has 0 N–H and O–H groups in total. The van der Waals surface area contributed by atoms with Crippen LogP contribution < -0.4 is 0 Å². The summed E-state index contributed by atoms with van der Waals surface area (Å²) in [5.74, 6) is 0.854. The van der Waals surface area contributed by atoms with Crippen molar-refractivity contribution in [3.8, 4) is 17.3 Å². The molecular formula is C13H13N3. The Morgan fingerprint density at radius 1 is 1.19 bits per heavy atom. The molecule has 0 saturated carbocycles. The highest BCUT2D eigenvalue weighted by molar-refractivity contribution is 5.66. The minimum Gasteiger partial charge on any atom is -0.330 e. The van der Waals surface area contributed by atoms with Gasteiger partial charge in [-0.15, -0.1) is 0 Å². The third-order valence-electron chi connectivity index (χ3n) is 2.75. The molecule has 0 saturated heterocycles. The molecule has 0 bridgehead atoms. The monoisotopic (exact) mass is 211 g/mol. The van der Waals surface area contributed by atoms with Gasteiger partial charge in [-0.05, 0) is 13.8 Å². The van der Waals surface area contributed by atoms with Crippen molar-refractivity contribution in [2.24, 2.45) is 7.05 Å². The predicted molar refractivity (Wildman–Crippen MR) is 62.8 cm³/mol. The van der Waals surface area contributed by atoms with E-state index in [1.54, 1.807) is 0 Å². The molecule has 0 unspecified atom stereocenters. The fraction of sp³-hybridized carbons (Fsp3) is 0.231. The molecule has 0 atom stereocenters. The fourth-order valence-electron chi connectivity index (χ4n) is 1.73. The standard InChI is InChI=1S/C13H13N3/c1-9-4-6-11(7-5-9)13-12(8-14)15-10(2)16(13)3/h4-7H,1-3H3. The molecule has 2 rings (SSSR count). The lowest BCUT2D eigenvalue weighted by molar-refractivity contribution is 0.865. The van der Waals surface area contributed by atoms with Gasteiger partial charge in [0, 0.05) is 12.6 Å². The highest BCUT2D eigenvalue weighted by Crippen LogP contribution is 2.23. The summed E-state index contributed by atoms with van der Waals surface area (Å²) in [6, 6.07) is 10.3. The SMILES string of the molecule is Cc1ccc(-c2c(C#N)nc(C)n2C)cc1. The Kier molecular flexibility index (Phi) is 2.49. The lowest BCUT2D eigenvalue weighted by atomic mass is 10.1. The predicted octanol–water partition coefficient (Wildman–Crippen LogP) is 2.58. The van der Waals surface area contributed by atoms with Crippen LogP contribution in [0.5, 0.6) is 0 Å². The molecule has 3 heteroatoms. The Morgan fingerprint density at radius 2 is 1.81 bits per heavy atom. The summed E-state index contributed by atoms with van der Waals surface area (Å²) < 4.78 is 1.95. The minimum absolute atomic E-state index is 0.490. The van der Waals surface area contributed by atoms with Crippen molar-refractivity contribution in [2.45, 2.75) is 13.8 Å². The molecule has 80 valence electrons. The molecule has 0 fully saturated rings. The average Bonchev–Trinajstić information content (AvgIpc) is 2.57. The van der Waals surface area contributed by atoms with Gasteiger partial charge in [-0.25, -0.2) is 4.98 Å². The van der Waals surface area contributed by atoms with Crippen LogP contribution in [0, 0.1) is 25.2 Å². The lowest BCUT2D eigenvalue weighted by Gasteiger charge is -2.04. The largest absolute Gasteiger partial charge is 0.330 e. The van der Waals surface area contributed by atoms with Crippen LogP contribution in [-0.2, 0) is 7.05 Å². The first kappa shape index (κ1) is 10.4. The number of hydrogen-bond acceptors (Lipinski definition) is 2. The van der Waals surface area contributed by atoms with Crippen LogP contribution >= 0.6 is 0 Å². The topological polar surface area (TPSA) is 41.6 Å². The first-order valence-electron chi connectivity index (χ1n) is 5.14. The molecule has 1 aromatic heterocycles. The second kappa shape index (κ2) is 3.82. The Morgan fingerprint density at radius 3 is 2.38 bits per heavy atom. The van der Waals surface area contributed by atoms with Gasteiger partial charge >= 0.3 is 0 Å². The van der Waals surface area contributed by atoms with E-state index in [2.05, 4.69) is 11.1 Å². The summed E-state index contributed by atoms with van der Waals surface area (Å²) in [5, 5.41) is 9.05. The second-order valence-corrected chi connectivity index (χ2v) is 3.89. The number of nitriles is 1. The van der Waals surface area contributed by atoms with Crippen LogP contribution in [0.1, 0.15) is 17.1 Å². The van der Waals surface area contributed by atoms with E-state index in [4.69, 9.17) is 5.26 Å². The van der Waals surface area contributed by atoms with Crippen molar-refractivity contribution in [3.63, 3.8) is 0 Å². The third-order valence-corrected chi connectivity index (χ3v) is 2.75. The maximum Gasteiger partial charge on any atom is 0.166 e. The van der Waals surface area contributed by atoms with Gasteiger partial charge in [0.2, 0.25) is 0 Å². The molecule has 0 radical (unpaired) electrons. The van der Waals surface area contributed by atoms with Crippen molar-refractivity contribution < 1.29 is 0 Å². The van der Waals surface area contributed by atoms with Gasteiger partial charge in [0.05, 0.1) is 5.69 Å². The summed E-state index contributed by atoms with van der Waals surface area (Å²) in [7, 11) is 1.93. The molecule has 0 amide bonds. The van der Waals surface area contributed by atoms with E-state index in [1.165, 1.54) is 5.56 Å². The summed E-state index contributed by atoms with van der Waals surface area (Å²) in [4.78, 5) is 4.23. The average molecular weight is 211 g/mol. The van der Waals surface area contributed by atoms with Crippen molar-refractivity contribution >= 4 is 0 Å². The molecule has 0 aliphatic rings. The van der Waals surface area contributed by atoms with Crippen molar-refractivity contribution in [1.29, 1.82) is 5.26 Å². The van der Waals surface area contributed by atoms with E-state index in [9.17, 15) is 0 Å². The number of nitrogens with zero attached hydrogens (tertiary/aromatic N) is 3. The fourth-order valence-corrected chi connectivity index (χ4v) is 1.73. The Hall–Kier alpha value is -2.08. The Labute approximate surface area is 95.0 Å². The smallest absolute Gasteiger partial charge is 0.166 e. The molecule has 0 aliphatic carbocycles. The van der Waals surface area contributed by atoms with E-state index < -0.39 is 0 Å². The van der Waals surface area contributed by atoms with Crippen LogP contribution in [-0.4, -0.2) is 9.55 Å². The van der Waals surface area contributed by atoms with Gasteiger partial charge in [-0.3, -0.25) is 0 Å². The first-order chi connectivity index (χ1) is 7.63. The maximum atomic E-state index is 9.05. The van der Waals surface area contributed by atoms with Gasteiger partial charge in [0.25, 0.3) is 0 Å². The van der Waals surface area contributed by atoms with Crippen LogP contribution in [0.4, 0.5) is 0 Å². The van der Waals surface area contributed by atoms with Crippen molar-refractivity contribution in [2.75, 3.05) is 0 Å². The number of imidazole rings is 1. The second-order valence-electron chi connectivity index (χ2n) is 3.89. The zero-order valence-corrected chi connectivity index (χ0v) is 9.65. The minimum atomic E-state index is 0.490. The number of rotatable bonds is 1. The molecule has 1 heterocycles. The normalized spacial score (nSPS) is 10.1. The zero-order chi connectivity index (χ0) is 11.7. The molecule has 0 aliphatic heterocycles. The highest BCUT2D eigenvalue weighted by atomic mass is 15.1. The Balaban J connectivity index is 2.64. The van der Waals surface area contributed by atoms with Crippen LogP contribution in [0.2, 0.25) is 0 Å². The molecule has 16 heavy (non-hydrogen) atoms. The van der Waals surface area contributed by atoms with Gasteiger partial charge in [0.1, 0.15) is 11.9 Å². The number of aryl methyl sites for hydroxylation is 2. The number of aromatic nitrogens is 2. The highest BCUT2D eigenvalue weighted by Gasteiger charge is 2.13.